The number of aryl methyl sites for hydroxylation is 2. The van der Waals surface area contributed by atoms with Gasteiger partial charge in [-0.05, 0) is 62.5 Å². The van der Waals surface area contributed by atoms with Crippen LogP contribution in [-0.4, -0.2) is 26.2 Å². The van der Waals surface area contributed by atoms with Gasteiger partial charge in [0.1, 0.15) is 5.69 Å². The van der Waals surface area contributed by atoms with Gasteiger partial charge in [-0.15, -0.1) is 0 Å². The predicted molar refractivity (Wildman–Crippen MR) is 95.3 cm³/mol. The quantitative estimate of drug-likeness (QED) is 0.879. The number of fused-ring (bicyclic) bond motifs is 3. The summed E-state index contributed by atoms with van der Waals surface area (Å²) in [6.07, 6.45) is 4.07. The van der Waals surface area contributed by atoms with Crippen molar-refractivity contribution in [3.8, 4) is 0 Å². The number of hydrogen-bond donors (Lipinski definition) is 1. The summed E-state index contributed by atoms with van der Waals surface area (Å²) < 4.78 is 0. The van der Waals surface area contributed by atoms with Gasteiger partial charge in [0, 0.05) is 29.9 Å². The van der Waals surface area contributed by atoms with Gasteiger partial charge < -0.3 is 9.80 Å². The monoisotopic (exact) mass is 301 g/mol. The molecule has 1 N–H and O–H groups in total. The van der Waals surface area contributed by atoms with Gasteiger partial charge in [0.2, 0.25) is 0 Å². The second-order valence-corrected chi connectivity index (χ2v) is 8.80. The van der Waals surface area contributed by atoms with E-state index in [1.807, 2.05) is 0 Å². The Hall–Kier alpha value is -1.02. The molecule has 1 saturated carbocycles. The topological polar surface area (TPSA) is 7.68 Å². The molecule has 0 aromatic heterocycles. The van der Waals surface area contributed by atoms with Gasteiger partial charge in [-0.1, -0.05) is 13.8 Å². The molecule has 2 heteroatoms. The molecule has 2 nitrogen and oxygen atoms in total. The fourth-order valence-corrected chi connectivity index (χ4v) is 4.86. The molecule has 2 bridgehead atoms. The van der Waals surface area contributed by atoms with Crippen LogP contribution < -0.4 is 9.80 Å². The van der Waals surface area contributed by atoms with E-state index in [1.54, 1.807) is 0 Å². The fourth-order valence-electron chi connectivity index (χ4n) is 4.86. The average molecular weight is 301 g/mol. The first-order chi connectivity index (χ1) is 10.2. The van der Waals surface area contributed by atoms with Crippen molar-refractivity contribution < 1.29 is 4.90 Å². The van der Waals surface area contributed by atoms with Crippen molar-refractivity contribution in [1.29, 1.82) is 0 Å². The zero-order chi connectivity index (χ0) is 16.3. The van der Waals surface area contributed by atoms with Crippen molar-refractivity contribution in [2.24, 2.45) is 11.3 Å². The Morgan fingerprint density at radius 3 is 2.18 bits per heavy atom. The summed E-state index contributed by atoms with van der Waals surface area (Å²) in [6, 6.07) is 4.77. The smallest absolute Gasteiger partial charge is 0.131 e. The second-order valence-electron chi connectivity index (χ2n) is 8.80. The third-order valence-electron chi connectivity index (χ3n) is 6.68. The van der Waals surface area contributed by atoms with Crippen molar-refractivity contribution >= 4 is 11.4 Å². The molecule has 3 fully saturated rings. The van der Waals surface area contributed by atoms with Crippen LogP contribution in [-0.2, 0) is 0 Å². The number of quaternary nitrogens is 1. The lowest BCUT2D eigenvalue weighted by molar-refractivity contribution is -0.786. The summed E-state index contributed by atoms with van der Waals surface area (Å²) >= 11 is 0. The maximum Gasteiger partial charge on any atom is 0.131 e. The summed E-state index contributed by atoms with van der Waals surface area (Å²) in [5.74, 6) is 0.841. The van der Waals surface area contributed by atoms with Crippen LogP contribution in [0.15, 0.2) is 12.1 Å². The molecule has 1 aromatic carbocycles. The minimum atomic E-state index is 0.346. The normalized spacial score (nSPS) is 34.5. The maximum absolute atomic E-state index is 2.76. The van der Waals surface area contributed by atoms with E-state index in [2.05, 4.69) is 65.7 Å². The molecule has 22 heavy (non-hydrogen) atoms. The number of anilines is 1. The average Bonchev–Trinajstić information content (AvgIpc) is 2.40. The van der Waals surface area contributed by atoms with Crippen molar-refractivity contribution in [2.75, 3.05) is 25.5 Å². The molecule has 1 unspecified atom stereocenters. The number of hydrogen-bond acceptors (Lipinski definition) is 1. The highest BCUT2D eigenvalue weighted by molar-refractivity contribution is 5.65. The first-order valence-corrected chi connectivity index (χ1v) is 8.86. The molecule has 4 rings (SSSR count). The van der Waals surface area contributed by atoms with E-state index < -0.39 is 0 Å². The Bertz CT molecular complexity index is 568. The number of nitrogens with zero attached hydrogens (tertiary/aromatic N) is 1. The number of benzene rings is 1. The fraction of sp³-hybridized carbons (Fsp3) is 0.700. The van der Waals surface area contributed by atoms with Crippen LogP contribution in [0, 0.1) is 25.2 Å². The standard InChI is InChI=1S/C20H32N2/c1-14-10-17(21(6)7)11-15(2)18(14)22-13-19(4)8-9-20(22,5)12-16(19)3/h10-11,16H,8-9,12-13H2,1-7H3/p+1/t16?,19-,20-/m1/s1. The highest BCUT2D eigenvalue weighted by atomic mass is 15.2. The lowest BCUT2D eigenvalue weighted by Gasteiger charge is -2.62. The van der Waals surface area contributed by atoms with Crippen LogP contribution in [0.25, 0.3) is 0 Å². The molecule has 2 saturated heterocycles. The third-order valence-corrected chi connectivity index (χ3v) is 6.68. The lowest BCUT2D eigenvalue weighted by atomic mass is 9.57. The minimum Gasteiger partial charge on any atom is -0.365 e. The van der Waals surface area contributed by atoms with E-state index in [4.69, 9.17) is 0 Å². The zero-order valence-corrected chi connectivity index (χ0v) is 15.5. The number of nitrogens with one attached hydrogen (secondary N) is 1. The summed E-state index contributed by atoms with van der Waals surface area (Å²) in [4.78, 5) is 4.17. The highest BCUT2D eigenvalue weighted by Gasteiger charge is 2.52. The van der Waals surface area contributed by atoms with E-state index in [1.165, 1.54) is 53.2 Å². The van der Waals surface area contributed by atoms with Gasteiger partial charge in [0.25, 0.3) is 0 Å². The van der Waals surface area contributed by atoms with Crippen LogP contribution >= 0.6 is 0 Å². The molecule has 2 aliphatic heterocycles. The van der Waals surface area contributed by atoms with Gasteiger partial charge in [0.15, 0.2) is 0 Å². The van der Waals surface area contributed by atoms with Crippen molar-refractivity contribution in [3.05, 3.63) is 23.3 Å². The Morgan fingerprint density at radius 1 is 1.09 bits per heavy atom. The van der Waals surface area contributed by atoms with E-state index in [0.717, 1.165) is 5.92 Å². The first kappa shape index (κ1) is 15.9. The van der Waals surface area contributed by atoms with Crippen LogP contribution in [0.4, 0.5) is 11.4 Å². The molecular formula is C20H33N2+. The molecule has 2 heterocycles. The lowest BCUT2D eigenvalue weighted by Crippen LogP contribution is -3.00. The molecule has 3 aliphatic rings. The first-order valence-electron chi connectivity index (χ1n) is 8.86. The van der Waals surface area contributed by atoms with Gasteiger partial charge >= 0.3 is 0 Å². The predicted octanol–water partition coefficient (Wildman–Crippen LogP) is 3.48. The van der Waals surface area contributed by atoms with E-state index in [9.17, 15) is 0 Å². The van der Waals surface area contributed by atoms with Crippen molar-refractivity contribution in [2.45, 2.75) is 59.4 Å². The van der Waals surface area contributed by atoms with Crippen LogP contribution in [0.2, 0.25) is 0 Å². The zero-order valence-electron chi connectivity index (χ0n) is 15.5. The minimum absolute atomic E-state index is 0.346. The molecule has 0 spiro atoms. The SMILES string of the molecule is Cc1cc([NH+](C)C)cc(C)c1N1C[C@@]2(C)CC[C@]1(C)CC2C. The molecular weight excluding hydrogens is 268 g/mol. The van der Waals surface area contributed by atoms with E-state index in [0.29, 0.717) is 11.0 Å². The molecule has 0 amide bonds. The Balaban J connectivity index is 2.05. The van der Waals surface area contributed by atoms with Crippen LogP contribution in [0.5, 0.6) is 0 Å². The third kappa shape index (κ3) is 2.27. The Labute approximate surface area is 136 Å². The number of piperidine rings is 2. The van der Waals surface area contributed by atoms with E-state index >= 15 is 0 Å². The molecule has 0 radical (unpaired) electrons. The van der Waals surface area contributed by atoms with E-state index in [-0.39, 0.29) is 0 Å². The second kappa shape index (κ2) is 4.99. The van der Waals surface area contributed by atoms with Gasteiger partial charge in [-0.25, -0.2) is 0 Å². The molecule has 122 valence electrons. The van der Waals surface area contributed by atoms with Crippen molar-refractivity contribution in [3.63, 3.8) is 0 Å². The molecule has 3 atom stereocenters. The summed E-state index contributed by atoms with van der Waals surface area (Å²) in [6.45, 7) is 13.3. The van der Waals surface area contributed by atoms with Gasteiger partial charge in [0.05, 0.1) is 14.1 Å². The number of rotatable bonds is 2. The maximum atomic E-state index is 2.76. The summed E-state index contributed by atoms with van der Waals surface area (Å²) in [7, 11) is 4.42. The van der Waals surface area contributed by atoms with Crippen molar-refractivity contribution in [1.82, 2.24) is 0 Å². The largest absolute Gasteiger partial charge is 0.365 e. The Kier molecular flexibility index (Phi) is 3.60. The highest BCUT2D eigenvalue weighted by Crippen LogP contribution is 2.55. The Morgan fingerprint density at radius 2 is 1.68 bits per heavy atom. The molecule has 1 aliphatic carbocycles. The molecule has 1 aromatic rings. The van der Waals surface area contributed by atoms with Gasteiger partial charge in [-0.2, -0.15) is 0 Å². The summed E-state index contributed by atoms with van der Waals surface area (Å²) in [5, 5.41) is 0. The van der Waals surface area contributed by atoms with Gasteiger partial charge in [-0.3, -0.25) is 0 Å². The summed E-state index contributed by atoms with van der Waals surface area (Å²) in [5.41, 5.74) is 6.62. The van der Waals surface area contributed by atoms with Crippen LogP contribution in [0.1, 0.15) is 51.2 Å². The van der Waals surface area contributed by atoms with Crippen LogP contribution in [0.3, 0.4) is 0 Å².